The van der Waals surface area contributed by atoms with Crippen molar-refractivity contribution in [1.29, 1.82) is 0 Å². The first-order chi connectivity index (χ1) is 7.68. The molecule has 0 spiro atoms. The van der Waals surface area contributed by atoms with Gasteiger partial charge in [0.2, 0.25) is 0 Å². The normalized spacial score (nSPS) is 20.0. The average Bonchev–Trinajstić information content (AvgIpc) is 2.74. The van der Waals surface area contributed by atoms with Gasteiger partial charge in [0.25, 0.3) is 5.56 Å². The van der Waals surface area contributed by atoms with Gasteiger partial charge < -0.3 is 14.8 Å². The zero-order valence-corrected chi connectivity index (χ0v) is 9.81. The maximum absolute atomic E-state index is 11.8. The SMILES string of the molecule is CN(CC1CCCN1)c1nccn(C)c1=O. The molecule has 2 heterocycles. The molecule has 1 saturated heterocycles. The Morgan fingerprint density at radius 2 is 2.50 bits per heavy atom. The van der Waals surface area contributed by atoms with Gasteiger partial charge in [-0.3, -0.25) is 4.79 Å². The van der Waals surface area contributed by atoms with Crippen molar-refractivity contribution in [1.82, 2.24) is 14.9 Å². The number of rotatable bonds is 3. The summed E-state index contributed by atoms with van der Waals surface area (Å²) in [4.78, 5) is 17.9. The van der Waals surface area contributed by atoms with Gasteiger partial charge in [-0.05, 0) is 19.4 Å². The highest BCUT2D eigenvalue weighted by Crippen LogP contribution is 2.08. The van der Waals surface area contributed by atoms with Crippen LogP contribution in [0.1, 0.15) is 12.8 Å². The Bertz CT molecular complexity index is 409. The number of hydrogen-bond donors (Lipinski definition) is 1. The highest BCUT2D eigenvalue weighted by atomic mass is 16.1. The van der Waals surface area contributed by atoms with E-state index in [-0.39, 0.29) is 5.56 Å². The molecule has 1 aromatic rings. The van der Waals surface area contributed by atoms with Gasteiger partial charge in [-0.25, -0.2) is 4.98 Å². The molecule has 16 heavy (non-hydrogen) atoms. The summed E-state index contributed by atoms with van der Waals surface area (Å²) in [5, 5.41) is 3.41. The van der Waals surface area contributed by atoms with Crippen molar-refractivity contribution in [3.63, 3.8) is 0 Å². The second-order valence-electron chi connectivity index (χ2n) is 4.34. The van der Waals surface area contributed by atoms with Gasteiger partial charge in [-0.1, -0.05) is 0 Å². The number of nitrogens with one attached hydrogen (secondary N) is 1. The Balaban J connectivity index is 2.10. The minimum absolute atomic E-state index is 0.0389. The third kappa shape index (κ3) is 2.24. The van der Waals surface area contributed by atoms with Crippen LogP contribution in [-0.2, 0) is 7.05 Å². The molecule has 2 rings (SSSR count). The van der Waals surface area contributed by atoms with Gasteiger partial charge in [0, 0.05) is 39.1 Å². The van der Waals surface area contributed by atoms with Crippen LogP contribution in [0, 0.1) is 0 Å². The summed E-state index contributed by atoms with van der Waals surface area (Å²) in [6.45, 7) is 1.92. The number of nitrogens with zero attached hydrogens (tertiary/aromatic N) is 3. The Morgan fingerprint density at radius 1 is 1.69 bits per heavy atom. The van der Waals surface area contributed by atoms with Crippen LogP contribution in [0.2, 0.25) is 0 Å². The number of hydrogen-bond acceptors (Lipinski definition) is 4. The second-order valence-corrected chi connectivity index (χ2v) is 4.34. The summed E-state index contributed by atoms with van der Waals surface area (Å²) in [6.07, 6.45) is 5.74. The van der Waals surface area contributed by atoms with Crippen molar-refractivity contribution in [2.24, 2.45) is 7.05 Å². The summed E-state index contributed by atoms with van der Waals surface area (Å²) in [5.41, 5.74) is -0.0389. The van der Waals surface area contributed by atoms with Gasteiger partial charge in [-0.2, -0.15) is 0 Å². The topological polar surface area (TPSA) is 50.2 Å². The number of anilines is 1. The van der Waals surface area contributed by atoms with Crippen LogP contribution in [-0.4, -0.2) is 35.7 Å². The van der Waals surface area contributed by atoms with Crippen LogP contribution in [0.15, 0.2) is 17.2 Å². The molecule has 0 amide bonds. The van der Waals surface area contributed by atoms with Crippen LogP contribution in [0.3, 0.4) is 0 Å². The molecule has 1 fully saturated rings. The Morgan fingerprint density at radius 3 is 3.19 bits per heavy atom. The third-order valence-corrected chi connectivity index (χ3v) is 3.02. The summed E-state index contributed by atoms with van der Waals surface area (Å²) >= 11 is 0. The van der Waals surface area contributed by atoms with Gasteiger partial charge in [0.05, 0.1) is 0 Å². The molecule has 1 unspecified atom stereocenters. The lowest BCUT2D eigenvalue weighted by atomic mass is 10.2. The Kier molecular flexibility index (Phi) is 3.24. The predicted octanol–water partition coefficient (Wildman–Crippen LogP) is -0.0315. The lowest BCUT2D eigenvalue weighted by Gasteiger charge is -2.21. The van der Waals surface area contributed by atoms with E-state index in [0.717, 1.165) is 13.1 Å². The molecule has 0 bridgehead atoms. The third-order valence-electron chi connectivity index (χ3n) is 3.02. The standard InChI is InChI=1S/C11H18N4O/c1-14-7-6-13-10(11(14)16)15(2)8-9-4-3-5-12-9/h6-7,9,12H,3-5,8H2,1-2H3. The molecule has 1 aliphatic rings. The fraction of sp³-hybridized carbons (Fsp3) is 0.636. The fourth-order valence-corrected chi connectivity index (χ4v) is 2.08. The first kappa shape index (κ1) is 11.1. The smallest absolute Gasteiger partial charge is 0.293 e. The highest BCUT2D eigenvalue weighted by molar-refractivity contribution is 5.34. The average molecular weight is 222 g/mol. The Labute approximate surface area is 95.1 Å². The molecule has 0 saturated carbocycles. The largest absolute Gasteiger partial charge is 0.354 e. The van der Waals surface area contributed by atoms with E-state index in [0.29, 0.717) is 11.9 Å². The van der Waals surface area contributed by atoms with Crippen LogP contribution in [0.25, 0.3) is 0 Å². The number of aryl methyl sites for hydroxylation is 1. The van der Waals surface area contributed by atoms with Crippen LogP contribution in [0.4, 0.5) is 5.82 Å². The molecule has 0 radical (unpaired) electrons. The predicted molar refractivity (Wildman–Crippen MR) is 63.8 cm³/mol. The van der Waals surface area contributed by atoms with Crippen molar-refractivity contribution >= 4 is 5.82 Å². The molecule has 1 atom stereocenters. The summed E-state index contributed by atoms with van der Waals surface area (Å²) < 4.78 is 1.56. The minimum atomic E-state index is -0.0389. The Hall–Kier alpha value is -1.36. The maximum atomic E-state index is 11.8. The van der Waals surface area contributed by atoms with Crippen LogP contribution >= 0.6 is 0 Å². The molecule has 0 aromatic carbocycles. The zero-order chi connectivity index (χ0) is 11.5. The van der Waals surface area contributed by atoms with E-state index >= 15 is 0 Å². The van der Waals surface area contributed by atoms with Crippen molar-refractivity contribution in [3.05, 3.63) is 22.7 Å². The van der Waals surface area contributed by atoms with E-state index in [4.69, 9.17) is 0 Å². The number of aromatic nitrogens is 2. The van der Waals surface area contributed by atoms with E-state index in [1.165, 1.54) is 12.8 Å². The van der Waals surface area contributed by atoms with E-state index in [1.807, 2.05) is 11.9 Å². The van der Waals surface area contributed by atoms with Crippen molar-refractivity contribution in [2.45, 2.75) is 18.9 Å². The monoisotopic (exact) mass is 222 g/mol. The van der Waals surface area contributed by atoms with Crippen LogP contribution in [0.5, 0.6) is 0 Å². The van der Waals surface area contributed by atoms with Gasteiger partial charge in [0.1, 0.15) is 0 Å². The summed E-state index contributed by atoms with van der Waals surface area (Å²) in [7, 11) is 3.67. The molecule has 1 N–H and O–H groups in total. The van der Waals surface area contributed by atoms with Gasteiger partial charge in [0.15, 0.2) is 5.82 Å². The molecule has 88 valence electrons. The van der Waals surface area contributed by atoms with E-state index < -0.39 is 0 Å². The summed E-state index contributed by atoms with van der Waals surface area (Å²) in [6, 6.07) is 0.483. The second kappa shape index (κ2) is 4.65. The van der Waals surface area contributed by atoms with Gasteiger partial charge in [-0.15, -0.1) is 0 Å². The minimum Gasteiger partial charge on any atom is -0.354 e. The van der Waals surface area contributed by atoms with E-state index in [9.17, 15) is 4.79 Å². The van der Waals surface area contributed by atoms with Crippen LogP contribution < -0.4 is 15.8 Å². The first-order valence-corrected chi connectivity index (χ1v) is 5.64. The fourth-order valence-electron chi connectivity index (χ4n) is 2.08. The molecule has 5 nitrogen and oxygen atoms in total. The molecule has 1 aliphatic heterocycles. The van der Waals surface area contributed by atoms with Crippen molar-refractivity contribution in [3.8, 4) is 0 Å². The van der Waals surface area contributed by atoms with Crippen molar-refractivity contribution in [2.75, 3.05) is 25.0 Å². The highest BCUT2D eigenvalue weighted by Gasteiger charge is 2.18. The molecule has 1 aromatic heterocycles. The van der Waals surface area contributed by atoms with Gasteiger partial charge >= 0.3 is 0 Å². The molecular weight excluding hydrogens is 204 g/mol. The maximum Gasteiger partial charge on any atom is 0.293 e. The summed E-state index contributed by atoms with van der Waals surface area (Å²) in [5.74, 6) is 0.527. The molecule has 5 heteroatoms. The molecular formula is C11H18N4O. The number of likely N-dealkylation sites (N-methyl/N-ethyl adjacent to an activating group) is 1. The zero-order valence-electron chi connectivity index (χ0n) is 9.81. The lowest BCUT2D eigenvalue weighted by Crippen LogP contribution is -2.38. The van der Waals surface area contributed by atoms with Crippen molar-refractivity contribution < 1.29 is 0 Å². The molecule has 0 aliphatic carbocycles. The first-order valence-electron chi connectivity index (χ1n) is 5.64. The van der Waals surface area contributed by atoms with E-state index in [2.05, 4.69) is 10.3 Å². The van der Waals surface area contributed by atoms with E-state index in [1.54, 1.807) is 24.0 Å². The quantitative estimate of drug-likeness (QED) is 0.780. The lowest BCUT2D eigenvalue weighted by molar-refractivity contribution is 0.594.